The highest BCUT2D eigenvalue weighted by Crippen LogP contribution is 2.34. The van der Waals surface area contributed by atoms with Crippen molar-refractivity contribution < 1.29 is 17.6 Å². The molecule has 13 heteroatoms. The highest BCUT2D eigenvalue weighted by atomic mass is 19.4. The number of hydrogen-bond donors (Lipinski definition) is 3. The molecule has 0 aliphatic carbocycles. The average molecular weight is 687 g/mol. The molecule has 2 unspecified atom stereocenters. The van der Waals surface area contributed by atoms with Crippen LogP contribution < -0.4 is 26.4 Å². The van der Waals surface area contributed by atoms with Crippen LogP contribution in [0.3, 0.4) is 0 Å². The van der Waals surface area contributed by atoms with Gasteiger partial charge in [0.25, 0.3) is 5.56 Å². The molecule has 0 radical (unpaired) electrons. The zero-order chi connectivity index (χ0) is 35.0. The molecule has 0 spiro atoms. The van der Waals surface area contributed by atoms with Crippen LogP contribution in [0.15, 0.2) is 71.8 Å². The number of alkyl halides is 3. The first kappa shape index (κ1) is 33.6. The molecular weight excluding hydrogens is 648 g/mol. The first-order valence-electron chi connectivity index (χ1n) is 16.8. The normalized spacial score (nSPS) is 18.4. The molecule has 2 atom stereocenters. The number of hydrogen-bond acceptors (Lipinski definition) is 8. The molecule has 0 saturated carbocycles. The molecule has 2 aliphatic rings. The largest absolute Gasteiger partial charge is 0.416 e. The van der Waals surface area contributed by atoms with E-state index in [2.05, 4.69) is 25.9 Å². The van der Waals surface area contributed by atoms with Crippen LogP contribution in [0.25, 0.3) is 22.2 Å². The number of nitrogens with one attached hydrogen (secondary N) is 3. The van der Waals surface area contributed by atoms with Gasteiger partial charge < -0.3 is 20.9 Å². The fourth-order valence-electron chi connectivity index (χ4n) is 7.00. The maximum absolute atomic E-state index is 15.3. The van der Waals surface area contributed by atoms with E-state index in [1.165, 1.54) is 35.0 Å². The summed E-state index contributed by atoms with van der Waals surface area (Å²) in [5.41, 5.74) is 2.20. The standard InChI is InChI=1S/C37H38F4N8O/c1-22-14-32(24-7-5-11-42-18-24)44-20-29(22)28-15-26-19-45-36(46-27-9-10-33(31(38)16-27)48-13-12-43-17-23(48)2)47-34(26)49(35(28)50)21-25-6-3-4-8-30(25)37(39,40)41/h3-4,6,8-10,14-16,19-20,23-24,42-43H,5,7,11-13,17-18,21H2,1-2H3,(H,45,46,47). The monoisotopic (exact) mass is 686 g/mol. The van der Waals surface area contributed by atoms with E-state index < -0.39 is 23.1 Å². The maximum atomic E-state index is 15.3. The van der Waals surface area contributed by atoms with Gasteiger partial charge in [0.05, 0.1) is 17.8 Å². The number of piperazine rings is 1. The van der Waals surface area contributed by atoms with Crippen molar-refractivity contribution in [3.63, 3.8) is 0 Å². The summed E-state index contributed by atoms with van der Waals surface area (Å²) in [5.74, 6) is -0.0867. The molecule has 5 aromatic rings. The van der Waals surface area contributed by atoms with Crippen LogP contribution in [-0.2, 0) is 12.7 Å². The Bertz CT molecular complexity index is 2090. The van der Waals surface area contributed by atoms with Gasteiger partial charge in [0, 0.05) is 78.4 Å². The summed E-state index contributed by atoms with van der Waals surface area (Å²) in [7, 11) is 0. The van der Waals surface area contributed by atoms with Crippen LogP contribution in [0.1, 0.15) is 48.1 Å². The second-order valence-corrected chi connectivity index (χ2v) is 13.1. The molecule has 9 nitrogen and oxygen atoms in total. The van der Waals surface area contributed by atoms with E-state index in [0.29, 0.717) is 28.9 Å². The molecule has 5 heterocycles. The van der Waals surface area contributed by atoms with E-state index in [-0.39, 0.29) is 41.2 Å². The van der Waals surface area contributed by atoms with E-state index >= 15 is 4.39 Å². The topological polar surface area (TPSA) is 100 Å². The Hall–Kier alpha value is -4.88. The lowest BCUT2D eigenvalue weighted by Gasteiger charge is -2.36. The fraction of sp³-hybridized carbons (Fsp3) is 0.351. The minimum atomic E-state index is -4.63. The Morgan fingerprint density at radius 3 is 2.54 bits per heavy atom. The van der Waals surface area contributed by atoms with Crippen LogP contribution >= 0.6 is 0 Å². The van der Waals surface area contributed by atoms with Crippen molar-refractivity contribution in [1.29, 1.82) is 0 Å². The zero-order valence-electron chi connectivity index (χ0n) is 27.8. The Morgan fingerprint density at radius 2 is 1.80 bits per heavy atom. The lowest BCUT2D eigenvalue weighted by molar-refractivity contribution is -0.138. The molecule has 2 aromatic carbocycles. The SMILES string of the molecule is Cc1cc(C2CCCNC2)ncc1-c1cc2cnc(Nc3ccc(N4CCNCC4C)c(F)c3)nc2n(Cc2ccccc2C(F)(F)F)c1=O. The molecular formula is C37H38F4N8O. The van der Waals surface area contributed by atoms with Crippen molar-refractivity contribution in [2.75, 3.05) is 42.9 Å². The highest BCUT2D eigenvalue weighted by Gasteiger charge is 2.33. The number of nitrogens with zero attached hydrogens (tertiary/aromatic N) is 5. The van der Waals surface area contributed by atoms with Crippen LogP contribution in [-0.4, -0.2) is 58.3 Å². The van der Waals surface area contributed by atoms with E-state index in [1.54, 1.807) is 24.4 Å². The number of pyridine rings is 2. The molecule has 260 valence electrons. The van der Waals surface area contributed by atoms with Gasteiger partial charge in [-0.25, -0.2) is 9.37 Å². The highest BCUT2D eigenvalue weighted by molar-refractivity contribution is 5.82. The van der Waals surface area contributed by atoms with E-state index in [9.17, 15) is 18.0 Å². The lowest BCUT2D eigenvalue weighted by atomic mass is 9.93. The summed E-state index contributed by atoms with van der Waals surface area (Å²) in [6.07, 6.45) is 0.622. The summed E-state index contributed by atoms with van der Waals surface area (Å²) in [5, 5.41) is 10.2. The Labute approximate surface area is 286 Å². The first-order chi connectivity index (χ1) is 24.1. The second-order valence-electron chi connectivity index (χ2n) is 13.1. The third-order valence-electron chi connectivity index (χ3n) is 9.63. The number of piperidine rings is 1. The van der Waals surface area contributed by atoms with Gasteiger partial charge in [0.1, 0.15) is 11.5 Å². The van der Waals surface area contributed by atoms with Gasteiger partial charge in [-0.05, 0) is 80.8 Å². The third-order valence-corrected chi connectivity index (χ3v) is 9.63. The second kappa shape index (κ2) is 13.8. The van der Waals surface area contributed by atoms with Crippen molar-refractivity contribution in [2.24, 2.45) is 0 Å². The molecule has 2 fully saturated rings. The smallest absolute Gasteiger partial charge is 0.364 e. The number of fused-ring (bicyclic) bond motifs is 1. The van der Waals surface area contributed by atoms with Crippen molar-refractivity contribution in [3.05, 3.63) is 106 Å². The Morgan fingerprint density at radius 1 is 0.980 bits per heavy atom. The molecule has 0 amide bonds. The van der Waals surface area contributed by atoms with Crippen molar-refractivity contribution >= 4 is 28.4 Å². The summed E-state index contributed by atoms with van der Waals surface area (Å²) >= 11 is 0. The molecule has 7 rings (SSSR count). The molecule has 50 heavy (non-hydrogen) atoms. The van der Waals surface area contributed by atoms with Crippen LogP contribution in [0.5, 0.6) is 0 Å². The summed E-state index contributed by atoms with van der Waals surface area (Å²) < 4.78 is 58.9. The number of anilines is 3. The van der Waals surface area contributed by atoms with Gasteiger partial charge in [-0.2, -0.15) is 18.2 Å². The molecule has 2 saturated heterocycles. The predicted octanol–water partition coefficient (Wildman–Crippen LogP) is 6.38. The lowest BCUT2D eigenvalue weighted by Crippen LogP contribution is -2.50. The maximum Gasteiger partial charge on any atom is 0.416 e. The van der Waals surface area contributed by atoms with Gasteiger partial charge in [-0.3, -0.25) is 14.3 Å². The third kappa shape index (κ3) is 6.79. The summed E-state index contributed by atoms with van der Waals surface area (Å²) in [6.45, 7) is 7.52. The van der Waals surface area contributed by atoms with Crippen LogP contribution in [0.2, 0.25) is 0 Å². The fourth-order valence-corrected chi connectivity index (χ4v) is 7.00. The summed E-state index contributed by atoms with van der Waals surface area (Å²) in [6, 6.07) is 13.7. The van der Waals surface area contributed by atoms with Gasteiger partial charge in [-0.1, -0.05) is 18.2 Å². The van der Waals surface area contributed by atoms with E-state index in [1.807, 2.05) is 24.8 Å². The number of benzene rings is 2. The quantitative estimate of drug-likeness (QED) is 0.170. The van der Waals surface area contributed by atoms with Crippen molar-refractivity contribution in [2.45, 2.75) is 51.4 Å². The number of halogens is 4. The van der Waals surface area contributed by atoms with E-state index in [4.69, 9.17) is 4.98 Å². The number of rotatable bonds is 7. The molecule has 3 N–H and O–H groups in total. The van der Waals surface area contributed by atoms with Crippen molar-refractivity contribution in [1.82, 2.24) is 30.2 Å². The minimum Gasteiger partial charge on any atom is -0.364 e. The molecule has 2 aliphatic heterocycles. The first-order valence-corrected chi connectivity index (χ1v) is 16.8. The van der Waals surface area contributed by atoms with Crippen LogP contribution in [0, 0.1) is 12.7 Å². The van der Waals surface area contributed by atoms with Gasteiger partial charge in [0.15, 0.2) is 0 Å². The Balaban J connectivity index is 1.29. The van der Waals surface area contributed by atoms with Gasteiger partial charge in [-0.15, -0.1) is 0 Å². The molecule has 0 bridgehead atoms. The van der Waals surface area contributed by atoms with E-state index in [0.717, 1.165) is 56.3 Å². The summed E-state index contributed by atoms with van der Waals surface area (Å²) in [4.78, 5) is 30.1. The Kier molecular flexibility index (Phi) is 9.27. The number of aryl methyl sites for hydroxylation is 1. The predicted molar refractivity (Wildman–Crippen MR) is 187 cm³/mol. The van der Waals surface area contributed by atoms with Crippen LogP contribution in [0.4, 0.5) is 34.9 Å². The average Bonchev–Trinajstić information content (AvgIpc) is 3.10. The zero-order valence-corrected chi connectivity index (χ0v) is 27.8. The molecule has 3 aromatic heterocycles. The van der Waals surface area contributed by atoms with Gasteiger partial charge in [0.2, 0.25) is 5.95 Å². The minimum absolute atomic E-state index is 0.0634. The van der Waals surface area contributed by atoms with Crippen molar-refractivity contribution in [3.8, 4) is 11.1 Å². The number of aromatic nitrogens is 4. The van der Waals surface area contributed by atoms with Gasteiger partial charge >= 0.3 is 6.18 Å².